The van der Waals surface area contributed by atoms with Gasteiger partial charge >= 0.3 is 5.97 Å². The summed E-state index contributed by atoms with van der Waals surface area (Å²) in [6.45, 7) is 0. The molecule has 10 heteroatoms. The van der Waals surface area contributed by atoms with Crippen LogP contribution in [0.15, 0.2) is 59.0 Å². The minimum Gasteiger partial charge on any atom is -0.508 e. The first-order chi connectivity index (χ1) is 19.7. The van der Waals surface area contributed by atoms with Gasteiger partial charge in [-0.2, -0.15) is 0 Å². The molecule has 4 aromatic rings. The number of phenols is 3. The molecule has 1 aromatic heterocycles. The predicted octanol–water partition coefficient (Wildman–Crippen LogP) is 5.12. The Morgan fingerprint density at radius 2 is 1.56 bits per heavy atom. The number of benzene rings is 3. The molecule has 1 aliphatic carbocycles. The Bertz CT molecular complexity index is 1640. The summed E-state index contributed by atoms with van der Waals surface area (Å²) in [5.41, 5.74) is -0.473. The van der Waals surface area contributed by atoms with Gasteiger partial charge in [0.25, 0.3) is 5.91 Å². The number of hydrogen-bond donors (Lipinski definition) is 5. The van der Waals surface area contributed by atoms with E-state index in [4.69, 9.17) is 9.15 Å². The molecule has 1 heterocycles. The first-order valence-electron chi connectivity index (χ1n) is 13.2. The van der Waals surface area contributed by atoms with Crippen LogP contribution in [0.25, 0.3) is 11.0 Å². The standard InChI is InChI=1S/C31H29NO9/c1-40-31(39)19-7-5-9-21(34)24(19)27(36)25-22(35)14-15-23-26(25)28(37)29(41-23)18-6-3-2-4-8-20(18)32-30(38)16-10-12-17(33)13-11-16/h5,7,9-15,18,20,33-35,37H,2-4,6,8H2,1H3,(H,32,38). The van der Waals surface area contributed by atoms with Crippen LogP contribution in [0.1, 0.15) is 80.4 Å². The van der Waals surface area contributed by atoms with Gasteiger partial charge in [0.05, 0.1) is 29.2 Å². The van der Waals surface area contributed by atoms with Crippen molar-refractivity contribution in [3.63, 3.8) is 0 Å². The van der Waals surface area contributed by atoms with E-state index in [9.17, 15) is 34.8 Å². The number of furan rings is 1. The Labute approximate surface area is 234 Å². The molecule has 3 aromatic carbocycles. The van der Waals surface area contributed by atoms with E-state index in [0.717, 1.165) is 26.4 Å². The second-order valence-electron chi connectivity index (χ2n) is 10.0. The zero-order valence-corrected chi connectivity index (χ0v) is 22.2. The van der Waals surface area contributed by atoms with Gasteiger partial charge in [-0.1, -0.05) is 25.3 Å². The Balaban J connectivity index is 1.58. The molecule has 1 saturated carbocycles. The van der Waals surface area contributed by atoms with Gasteiger partial charge in [-0.3, -0.25) is 9.59 Å². The molecular weight excluding hydrogens is 530 g/mol. The molecule has 0 saturated heterocycles. The number of esters is 1. The van der Waals surface area contributed by atoms with E-state index < -0.39 is 40.8 Å². The van der Waals surface area contributed by atoms with Crippen molar-refractivity contribution < 1.29 is 44.0 Å². The molecule has 0 aliphatic heterocycles. The summed E-state index contributed by atoms with van der Waals surface area (Å²) in [7, 11) is 1.14. The monoisotopic (exact) mass is 559 g/mol. The van der Waals surface area contributed by atoms with Crippen molar-refractivity contribution >= 4 is 28.6 Å². The van der Waals surface area contributed by atoms with E-state index >= 15 is 0 Å². The number of hydrogen-bond acceptors (Lipinski definition) is 9. The smallest absolute Gasteiger partial charge is 0.338 e. The number of amides is 1. The molecule has 41 heavy (non-hydrogen) atoms. The molecule has 0 radical (unpaired) electrons. The minimum atomic E-state index is -0.910. The van der Waals surface area contributed by atoms with Gasteiger partial charge in [-0.15, -0.1) is 0 Å². The van der Waals surface area contributed by atoms with Crippen LogP contribution in [0.5, 0.6) is 23.0 Å². The zero-order valence-electron chi connectivity index (χ0n) is 22.2. The van der Waals surface area contributed by atoms with Gasteiger partial charge in [0, 0.05) is 17.5 Å². The third-order valence-corrected chi connectivity index (χ3v) is 7.54. The number of methoxy groups -OCH3 is 1. The van der Waals surface area contributed by atoms with E-state index in [-0.39, 0.29) is 45.3 Å². The lowest BCUT2D eigenvalue weighted by atomic mass is 9.90. The van der Waals surface area contributed by atoms with Crippen molar-refractivity contribution in [2.45, 2.75) is 44.1 Å². The van der Waals surface area contributed by atoms with E-state index in [0.29, 0.717) is 18.4 Å². The van der Waals surface area contributed by atoms with Crippen LogP contribution >= 0.6 is 0 Å². The van der Waals surface area contributed by atoms with Crippen molar-refractivity contribution in [3.05, 3.63) is 82.6 Å². The first kappa shape index (κ1) is 27.6. The fourth-order valence-corrected chi connectivity index (χ4v) is 5.51. The van der Waals surface area contributed by atoms with Crippen LogP contribution in [-0.2, 0) is 4.74 Å². The number of phenolic OH excluding ortho intramolecular Hbond substituents is 3. The summed E-state index contributed by atoms with van der Waals surface area (Å²) in [4.78, 5) is 39.2. The zero-order chi connectivity index (χ0) is 29.3. The van der Waals surface area contributed by atoms with Crippen LogP contribution in [-0.4, -0.2) is 51.2 Å². The molecule has 0 bridgehead atoms. The van der Waals surface area contributed by atoms with Crippen molar-refractivity contribution in [2.75, 3.05) is 7.11 Å². The molecule has 1 fully saturated rings. The van der Waals surface area contributed by atoms with Gasteiger partial charge in [0.2, 0.25) is 5.78 Å². The highest BCUT2D eigenvalue weighted by Gasteiger charge is 2.35. The SMILES string of the molecule is COC(=O)c1cccc(O)c1C(=O)c1c(O)ccc2oc(C3CCCCCC3NC(=O)c3ccc(O)cc3)c(O)c12. The highest BCUT2D eigenvalue weighted by Crippen LogP contribution is 2.46. The average molecular weight is 560 g/mol. The van der Waals surface area contributed by atoms with Crippen LogP contribution in [0.4, 0.5) is 0 Å². The van der Waals surface area contributed by atoms with Crippen molar-refractivity contribution in [1.82, 2.24) is 5.32 Å². The predicted molar refractivity (Wildman–Crippen MR) is 148 cm³/mol. The number of carbonyl (C=O) groups is 3. The summed E-state index contributed by atoms with van der Waals surface area (Å²) in [6, 6.07) is 12.0. The highest BCUT2D eigenvalue weighted by molar-refractivity contribution is 6.23. The third-order valence-electron chi connectivity index (χ3n) is 7.54. The summed E-state index contributed by atoms with van der Waals surface area (Å²) in [5.74, 6) is -3.73. The van der Waals surface area contributed by atoms with E-state index in [1.54, 1.807) is 0 Å². The van der Waals surface area contributed by atoms with Gasteiger partial charge in [-0.25, -0.2) is 4.79 Å². The first-order valence-corrected chi connectivity index (χ1v) is 13.2. The summed E-state index contributed by atoms with van der Waals surface area (Å²) >= 11 is 0. The summed E-state index contributed by atoms with van der Waals surface area (Å²) in [5, 5.41) is 45.3. The number of ketones is 1. The summed E-state index contributed by atoms with van der Waals surface area (Å²) in [6.07, 6.45) is 3.75. The molecule has 0 spiro atoms. The lowest BCUT2D eigenvalue weighted by molar-refractivity contribution is 0.0596. The fourth-order valence-electron chi connectivity index (χ4n) is 5.51. The van der Waals surface area contributed by atoms with Crippen LogP contribution in [0.2, 0.25) is 0 Å². The summed E-state index contributed by atoms with van der Waals surface area (Å²) < 4.78 is 10.8. The van der Waals surface area contributed by atoms with Crippen LogP contribution in [0.3, 0.4) is 0 Å². The number of fused-ring (bicyclic) bond motifs is 1. The maximum Gasteiger partial charge on any atom is 0.338 e. The molecule has 10 nitrogen and oxygen atoms in total. The lowest BCUT2D eigenvalue weighted by Gasteiger charge is -2.25. The number of carbonyl (C=O) groups excluding carboxylic acids is 3. The number of nitrogens with one attached hydrogen (secondary N) is 1. The van der Waals surface area contributed by atoms with Crippen LogP contribution in [0, 0.1) is 0 Å². The Hall–Kier alpha value is -4.99. The second kappa shape index (κ2) is 11.2. The van der Waals surface area contributed by atoms with Gasteiger partial charge in [0.1, 0.15) is 22.8 Å². The lowest BCUT2D eigenvalue weighted by Crippen LogP contribution is -2.38. The quantitative estimate of drug-likeness (QED) is 0.122. The van der Waals surface area contributed by atoms with Crippen molar-refractivity contribution in [2.24, 2.45) is 0 Å². The highest BCUT2D eigenvalue weighted by atomic mass is 16.5. The molecule has 5 rings (SSSR count). The number of rotatable bonds is 6. The molecule has 1 amide bonds. The second-order valence-corrected chi connectivity index (χ2v) is 10.0. The number of ether oxygens (including phenoxy) is 1. The van der Waals surface area contributed by atoms with Gasteiger partial charge in [0.15, 0.2) is 11.5 Å². The van der Waals surface area contributed by atoms with Gasteiger partial charge < -0.3 is 34.9 Å². The maximum absolute atomic E-state index is 13.8. The molecular formula is C31H29NO9. The van der Waals surface area contributed by atoms with Gasteiger partial charge in [-0.05, 0) is 61.4 Å². The Kier molecular flexibility index (Phi) is 7.56. The number of aromatic hydroxyl groups is 4. The van der Waals surface area contributed by atoms with Crippen molar-refractivity contribution in [1.29, 1.82) is 0 Å². The molecule has 2 unspecified atom stereocenters. The van der Waals surface area contributed by atoms with E-state index in [2.05, 4.69) is 5.32 Å². The molecule has 212 valence electrons. The fraction of sp³-hybridized carbons (Fsp3) is 0.258. The topological polar surface area (TPSA) is 167 Å². The Morgan fingerprint density at radius 3 is 2.29 bits per heavy atom. The third kappa shape index (κ3) is 5.16. The van der Waals surface area contributed by atoms with Crippen LogP contribution < -0.4 is 5.32 Å². The van der Waals surface area contributed by atoms with E-state index in [1.807, 2.05) is 0 Å². The Morgan fingerprint density at radius 1 is 0.854 bits per heavy atom. The molecule has 5 N–H and O–H groups in total. The normalized spacial score (nSPS) is 17.1. The van der Waals surface area contributed by atoms with E-state index in [1.165, 1.54) is 54.6 Å². The maximum atomic E-state index is 13.8. The largest absolute Gasteiger partial charge is 0.508 e. The molecule has 1 aliphatic rings. The molecule has 2 atom stereocenters. The van der Waals surface area contributed by atoms with Crippen molar-refractivity contribution in [3.8, 4) is 23.0 Å². The minimum absolute atomic E-state index is 0.0391. The average Bonchev–Trinajstić information content (AvgIpc) is 3.12.